The van der Waals surface area contributed by atoms with Crippen LogP contribution in [0.2, 0.25) is 0 Å². The van der Waals surface area contributed by atoms with Gasteiger partial charge < -0.3 is 14.3 Å². The molecule has 0 unspecified atom stereocenters. The first-order chi connectivity index (χ1) is 8.98. The molecule has 19 heavy (non-hydrogen) atoms. The van der Waals surface area contributed by atoms with Gasteiger partial charge >= 0.3 is 0 Å². The number of nitrogens with zero attached hydrogens (tertiary/aromatic N) is 4. The molecule has 0 atom stereocenters. The summed E-state index contributed by atoms with van der Waals surface area (Å²) in [6.07, 6.45) is 4.47. The van der Waals surface area contributed by atoms with Gasteiger partial charge in [-0.15, -0.1) is 10.2 Å². The number of aryl methyl sites for hydroxylation is 1. The first-order valence-electron chi connectivity index (χ1n) is 6.54. The average Bonchev–Trinajstić information content (AvgIpc) is 2.95. The van der Waals surface area contributed by atoms with Crippen LogP contribution in [0, 0.1) is 0 Å². The summed E-state index contributed by atoms with van der Waals surface area (Å²) >= 11 is 0. The Hall–Kier alpha value is -1.69. The number of rotatable bonds is 5. The van der Waals surface area contributed by atoms with E-state index in [4.69, 9.17) is 4.42 Å². The Bertz CT molecular complexity index is 523. The molecule has 0 aliphatic heterocycles. The maximum Gasteiger partial charge on any atom is 0.236 e. The molecule has 2 aromatic rings. The zero-order chi connectivity index (χ0) is 13.9. The topological polar surface area (TPSA) is 68.8 Å². The summed E-state index contributed by atoms with van der Waals surface area (Å²) in [7, 11) is 0. The molecule has 0 spiro atoms. The van der Waals surface area contributed by atoms with Crippen molar-refractivity contribution in [1.82, 2.24) is 25.1 Å². The fraction of sp³-hybridized carbons (Fsp3) is 0.615. The SMILES string of the molecule is CCc1nnc(Cn2ccnc2CNC(C)(C)C)o1. The predicted molar refractivity (Wildman–Crippen MR) is 71.6 cm³/mol. The van der Waals surface area contributed by atoms with Crippen molar-refractivity contribution in [1.29, 1.82) is 0 Å². The number of aromatic nitrogens is 4. The third-order valence-electron chi connectivity index (χ3n) is 2.70. The second kappa shape index (κ2) is 5.52. The number of hydrogen-bond donors (Lipinski definition) is 1. The Balaban J connectivity index is 2.03. The van der Waals surface area contributed by atoms with Gasteiger partial charge in [0.05, 0.1) is 6.54 Å². The van der Waals surface area contributed by atoms with Crippen LogP contribution in [0.4, 0.5) is 0 Å². The summed E-state index contributed by atoms with van der Waals surface area (Å²) in [5.41, 5.74) is 0.0661. The Morgan fingerprint density at radius 1 is 1.26 bits per heavy atom. The Labute approximate surface area is 113 Å². The van der Waals surface area contributed by atoms with Crippen LogP contribution in [0.1, 0.15) is 45.3 Å². The monoisotopic (exact) mass is 263 g/mol. The van der Waals surface area contributed by atoms with Crippen molar-refractivity contribution >= 4 is 0 Å². The van der Waals surface area contributed by atoms with Crippen LogP contribution in [0.5, 0.6) is 0 Å². The van der Waals surface area contributed by atoms with Crippen molar-refractivity contribution in [3.8, 4) is 0 Å². The predicted octanol–water partition coefficient (Wildman–Crippen LogP) is 1.76. The van der Waals surface area contributed by atoms with Gasteiger partial charge in [-0.3, -0.25) is 0 Å². The van der Waals surface area contributed by atoms with E-state index in [0.29, 0.717) is 24.9 Å². The fourth-order valence-corrected chi connectivity index (χ4v) is 1.64. The normalized spacial score (nSPS) is 12.0. The van der Waals surface area contributed by atoms with Crippen molar-refractivity contribution in [3.63, 3.8) is 0 Å². The molecule has 0 radical (unpaired) electrons. The summed E-state index contributed by atoms with van der Waals surface area (Å²) < 4.78 is 7.53. The van der Waals surface area contributed by atoms with Crippen molar-refractivity contribution in [2.45, 2.75) is 52.7 Å². The highest BCUT2D eigenvalue weighted by atomic mass is 16.4. The van der Waals surface area contributed by atoms with Gasteiger partial charge in [0.15, 0.2) is 0 Å². The lowest BCUT2D eigenvalue weighted by Crippen LogP contribution is -2.36. The summed E-state index contributed by atoms with van der Waals surface area (Å²) in [5, 5.41) is 11.4. The maximum atomic E-state index is 5.52. The first kappa shape index (κ1) is 13.7. The lowest BCUT2D eigenvalue weighted by atomic mass is 10.1. The van der Waals surface area contributed by atoms with Crippen LogP contribution in [-0.2, 0) is 19.5 Å². The van der Waals surface area contributed by atoms with Gasteiger partial charge in [-0.25, -0.2) is 4.98 Å². The number of nitrogens with one attached hydrogen (secondary N) is 1. The largest absolute Gasteiger partial charge is 0.423 e. The molecule has 6 heteroatoms. The van der Waals surface area contributed by atoms with E-state index in [-0.39, 0.29) is 5.54 Å². The second-order valence-corrected chi connectivity index (χ2v) is 5.52. The number of imidazole rings is 1. The minimum Gasteiger partial charge on any atom is -0.423 e. The van der Waals surface area contributed by atoms with Crippen LogP contribution in [0.3, 0.4) is 0 Å². The highest BCUT2D eigenvalue weighted by molar-refractivity contribution is 4.96. The van der Waals surface area contributed by atoms with Crippen LogP contribution in [0.25, 0.3) is 0 Å². The molecule has 0 saturated heterocycles. The molecule has 0 saturated carbocycles. The van der Waals surface area contributed by atoms with Crippen LogP contribution in [-0.4, -0.2) is 25.3 Å². The molecule has 2 aromatic heterocycles. The molecule has 0 fully saturated rings. The van der Waals surface area contributed by atoms with Crippen molar-refractivity contribution < 1.29 is 4.42 Å². The third kappa shape index (κ3) is 3.89. The standard InChI is InChI=1S/C13H21N5O/c1-5-11-16-17-12(19-11)9-18-7-6-14-10(18)8-15-13(2,3)4/h6-7,15H,5,8-9H2,1-4H3. The summed E-state index contributed by atoms with van der Waals surface area (Å²) in [5.74, 6) is 2.25. The van der Waals surface area contributed by atoms with E-state index in [1.54, 1.807) is 6.20 Å². The third-order valence-corrected chi connectivity index (χ3v) is 2.70. The van der Waals surface area contributed by atoms with Crippen LogP contribution >= 0.6 is 0 Å². The van der Waals surface area contributed by atoms with E-state index in [1.807, 2.05) is 17.7 Å². The molecule has 0 aromatic carbocycles. The summed E-state index contributed by atoms with van der Waals surface area (Å²) in [6, 6.07) is 0. The van der Waals surface area contributed by atoms with E-state index in [2.05, 4.69) is 41.3 Å². The van der Waals surface area contributed by atoms with Gasteiger partial charge in [0.2, 0.25) is 11.8 Å². The fourth-order valence-electron chi connectivity index (χ4n) is 1.64. The van der Waals surface area contributed by atoms with Gasteiger partial charge in [-0.1, -0.05) is 6.92 Å². The van der Waals surface area contributed by atoms with E-state index in [9.17, 15) is 0 Å². The second-order valence-electron chi connectivity index (χ2n) is 5.52. The number of hydrogen-bond acceptors (Lipinski definition) is 5. The molecule has 0 bridgehead atoms. The Morgan fingerprint density at radius 3 is 2.63 bits per heavy atom. The quantitative estimate of drug-likeness (QED) is 0.890. The van der Waals surface area contributed by atoms with E-state index < -0.39 is 0 Å². The Kier molecular flexibility index (Phi) is 3.99. The van der Waals surface area contributed by atoms with E-state index in [0.717, 1.165) is 12.2 Å². The van der Waals surface area contributed by atoms with Crippen LogP contribution < -0.4 is 5.32 Å². The molecule has 0 aliphatic carbocycles. The first-order valence-corrected chi connectivity index (χ1v) is 6.54. The lowest BCUT2D eigenvalue weighted by Gasteiger charge is -2.20. The summed E-state index contributed by atoms with van der Waals surface area (Å²) in [6.45, 7) is 9.66. The van der Waals surface area contributed by atoms with E-state index in [1.165, 1.54) is 0 Å². The average molecular weight is 263 g/mol. The molecule has 1 N–H and O–H groups in total. The molecule has 104 valence electrons. The maximum absolute atomic E-state index is 5.52. The minimum atomic E-state index is 0.0661. The highest BCUT2D eigenvalue weighted by Gasteiger charge is 2.12. The van der Waals surface area contributed by atoms with Crippen molar-refractivity contribution in [3.05, 3.63) is 30.0 Å². The molecule has 0 amide bonds. The Morgan fingerprint density at radius 2 is 2.00 bits per heavy atom. The zero-order valence-corrected chi connectivity index (χ0v) is 12.0. The molecule has 6 nitrogen and oxygen atoms in total. The molecular formula is C13H21N5O. The van der Waals surface area contributed by atoms with Gasteiger partial charge in [-0.2, -0.15) is 0 Å². The highest BCUT2D eigenvalue weighted by Crippen LogP contribution is 2.07. The minimum absolute atomic E-state index is 0.0661. The van der Waals surface area contributed by atoms with Crippen molar-refractivity contribution in [2.75, 3.05) is 0 Å². The smallest absolute Gasteiger partial charge is 0.236 e. The summed E-state index contributed by atoms with van der Waals surface area (Å²) in [4.78, 5) is 4.35. The van der Waals surface area contributed by atoms with Gasteiger partial charge in [0, 0.05) is 24.4 Å². The van der Waals surface area contributed by atoms with E-state index >= 15 is 0 Å². The molecular weight excluding hydrogens is 242 g/mol. The molecule has 2 heterocycles. The van der Waals surface area contributed by atoms with Crippen LogP contribution in [0.15, 0.2) is 16.8 Å². The lowest BCUT2D eigenvalue weighted by molar-refractivity contribution is 0.405. The molecule has 0 aliphatic rings. The van der Waals surface area contributed by atoms with Crippen molar-refractivity contribution in [2.24, 2.45) is 0 Å². The zero-order valence-electron chi connectivity index (χ0n) is 12.0. The van der Waals surface area contributed by atoms with Gasteiger partial charge in [0.25, 0.3) is 0 Å². The van der Waals surface area contributed by atoms with Gasteiger partial charge in [-0.05, 0) is 20.8 Å². The van der Waals surface area contributed by atoms with Gasteiger partial charge in [0.1, 0.15) is 12.4 Å². The molecule has 2 rings (SSSR count).